The Morgan fingerprint density at radius 2 is 1.66 bits per heavy atom. The monoisotopic (exact) mass is 516 g/mol. The summed E-state index contributed by atoms with van der Waals surface area (Å²) in [5.74, 6) is 1.43. The number of aryl methyl sites for hydroxylation is 2. The van der Waals surface area contributed by atoms with Crippen LogP contribution in [-0.4, -0.2) is 40.7 Å². The van der Waals surface area contributed by atoms with Crippen LogP contribution < -0.4 is 14.2 Å². The first-order chi connectivity index (χ1) is 18.3. The van der Waals surface area contributed by atoms with Crippen molar-refractivity contribution in [2.24, 2.45) is 0 Å². The number of carboxylic acid groups (broad SMARTS) is 1. The largest absolute Gasteiger partial charge is 0.497 e. The van der Waals surface area contributed by atoms with Gasteiger partial charge in [0, 0.05) is 18.2 Å². The summed E-state index contributed by atoms with van der Waals surface area (Å²) in [5, 5.41) is 9.29. The summed E-state index contributed by atoms with van der Waals surface area (Å²) in [6.45, 7) is 3.60. The summed E-state index contributed by atoms with van der Waals surface area (Å²) >= 11 is 0. The highest BCUT2D eigenvalue weighted by molar-refractivity contribution is 5.78. The van der Waals surface area contributed by atoms with Gasteiger partial charge >= 0.3 is 12.1 Å². The molecule has 0 radical (unpaired) electrons. The molecule has 1 aromatic heterocycles. The summed E-state index contributed by atoms with van der Waals surface area (Å²) in [7, 11) is 1.50. The van der Waals surface area contributed by atoms with Gasteiger partial charge in [-0.3, -0.25) is 9.69 Å². The minimum Gasteiger partial charge on any atom is -0.497 e. The van der Waals surface area contributed by atoms with Crippen molar-refractivity contribution in [1.82, 2.24) is 9.88 Å². The van der Waals surface area contributed by atoms with E-state index in [9.17, 15) is 14.7 Å². The molecule has 4 rings (SSSR count). The van der Waals surface area contributed by atoms with Crippen LogP contribution in [-0.2, 0) is 17.9 Å². The van der Waals surface area contributed by atoms with E-state index in [2.05, 4.69) is 4.98 Å². The zero-order valence-corrected chi connectivity index (χ0v) is 21.3. The number of carbonyl (C=O) groups is 2. The van der Waals surface area contributed by atoms with Crippen LogP contribution >= 0.6 is 0 Å². The molecule has 9 nitrogen and oxygen atoms in total. The van der Waals surface area contributed by atoms with Gasteiger partial charge in [0.05, 0.1) is 7.11 Å². The molecule has 9 heteroatoms. The Morgan fingerprint density at radius 3 is 2.34 bits per heavy atom. The highest BCUT2D eigenvalue weighted by Crippen LogP contribution is 2.24. The van der Waals surface area contributed by atoms with Gasteiger partial charge in [0.25, 0.3) is 0 Å². The van der Waals surface area contributed by atoms with Crippen LogP contribution in [0.2, 0.25) is 0 Å². The number of benzene rings is 3. The maximum Gasteiger partial charge on any atom is 0.416 e. The number of aromatic nitrogens is 1. The van der Waals surface area contributed by atoms with Crippen LogP contribution in [0.3, 0.4) is 0 Å². The zero-order chi connectivity index (χ0) is 27.1. The molecule has 1 N–H and O–H groups in total. The second-order valence-corrected chi connectivity index (χ2v) is 8.62. The highest BCUT2D eigenvalue weighted by Gasteiger charge is 2.20. The van der Waals surface area contributed by atoms with Crippen molar-refractivity contribution in [2.75, 3.05) is 13.7 Å². The maximum atomic E-state index is 12.7. The lowest BCUT2D eigenvalue weighted by atomic mass is 10.1. The number of hydrogen-bond acceptors (Lipinski definition) is 7. The van der Waals surface area contributed by atoms with Crippen LogP contribution in [0.25, 0.3) is 11.5 Å². The molecule has 1 amide bonds. The lowest BCUT2D eigenvalue weighted by Crippen LogP contribution is -2.37. The van der Waals surface area contributed by atoms with E-state index in [0.29, 0.717) is 34.4 Å². The first-order valence-electron chi connectivity index (χ1n) is 11.9. The van der Waals surface area contributed by atoms with Crippen molar-refractivity contribution in [2.45, 2.75) is 27.0 Å². The molecule has 0 atom stereocenters. The van der Waals surface area contributed by atoms with E-state index in [0.717, 1.165) is 16.0 Å². The van der Waals surface area contributed by atoms with Crippen molar-refractivity contribution in [1.29, 1.82) is 0 Å². The Labute approximate surface area is 220 Å². The Bertz CT molecular complexity index is 1400. The maximum absolute atomic E-state index is 12.7. The lowest BCUT2D eigenvalue weighted by Gasteiger charge is -2.20. The van der Waals surface area contributed by atoms with Crippen molar-refractivity contribution >= 4 is 12.1 Å². The van der Waals surface area contributed by atoms with Gasteiger partial charge in [-0.1, -0.05) is 35.9 Å². The van der Waals surface area contributed by atoms with Crippen LogP contribution in [0.5, 0.6) is 17.2 Å². The fourth-order valence-corrected chi connectivity index (χ4v) is 3.62. The number of rotatable bonds is 10. The van der Waals surface area contributed by atoms with Gasteiger partial charge < -0.3 is 23.7 Å². The third kappa shape index (κ3) is 6.91. The van der Waals surface area contributed by atoms with Gasteiger partial charge in [-0.15, -0.1) is 0 Å². The SMILES string of the molecule is COc1cccc(OC(=O)N(CC(=O)O)Cc2ccc(OCc3nc(-c4ccc(C)cc4)oc3C)cc2)c1. The molecule has 4 aromatic rings. The second kappa shape index (κ2) is 12.0. The van der Waals surface area contributed by atoms with Crippen LogP contribution in [0.1, 0.15) is 22.6 Å². The van der Waals surface area contributed by atoms with E-state index in [1.54, 1.807) is 48.5 Å². The average molecular weight is 517 g/mol. The normalized spacial score (nSPS) is 10.6. The topological polar surface area (TPSA) is 111 Å². The number of aliphatic carboxylic acids is 1. The Kier molecular flexibility index (Phi) is 8.27. The van der Waals surface area contributed by atoms with Crippen molar-refractivity contribution in [3.63, 3.8) is 0 Å². The first-order valence-corrected chi connectivity index (χ1v) is 11.9. The summed E-state index contributed by atoms with van der Waals surface area (Å²) in [6.07, 6.45) is -0.785. The standard InChI is InChI=1S/C29H28N2O7/c1-19-7-11-22(12-8-19)28-30-26(20(2)37-28)18-36-23-13-9-21(10-14-23)16-31(17-27(32)33)29(34)38-25-6-4-5-24(15-25)35-3/h4-15H,16-18H2,1-3H3,(H,32,33). The van der Waals surface area contributed by atoms with Gasteiger partial charge in [0.1, 0.15) is 41.9 Å². The highest BCUT2D eigenvalue weighted by atomic mass is 16.6. The quantitative estimate of drug-likeness (QED) is 0.289. The van der Waals surface area contributed by atoms with E-state index in [1.165, 1.54) is 7.11 Å². The van der Waals surface area contributed by atoms with Gasteiger partial charge in [-0.05, 0) is 55.8 Å². The summed E-state index contributed by atoms with van der Waals surface area (Å²) in [4.78, 5) is 29.7. The molecule has 0 saturated heterocycles. The third-order valence-electron chi connectivity index (χ3n) is 5.69. The Balaban J connectivity index is 1.37. The Morgan fingerprint density at radius 1 is 0.947 bits per heavy atom. The molecule has 0 spiro atoms. The molecule has 1 heterocycles. The molecule has 0 aliphatic carbocycles. The van der Waals surface area contributed by atoms with Crippen LogP contribution in [0, 0.1) is 13.8 Å². The van der Waals surface area contributed by atoms with Crippen molar-refractivity contribution in [3.8, 4) is 28.7 Å². The number of ether oxygens (including phenoxy) is 3. The van der Waals surface area contributed by atoms with E-state index in [-0.39, 0.29) is 18.9 Å². The zero-order valence-electron chi connectivity index (χ0n) is 21.3. The van der Waals surface area contributed by atoms with E-state index >= 15 is 0 Å². The second-order valence-electron chi connectivity index (χ2n) is 8.62. The number of carboxylic acids is 1. The minimum absolute atomic E-state index is 0.0394. The smallest absolute Gasteiger partial charge is 0.416 e. The summed E-state index contributed by atoms with van der Waals surface area (Å²) in [5.41, 5.74) is 3.45. The van der Waals surface area contributed by atoms with E-state index in [4.69, 9.17) is 18.6 Å². The van der Waals surface area contributed by atoms with Gasteiger partial charge in [-0.25, -0.2) is 9.78 Å². The molecule has 0 unspecified atom stereocenters. The molecule has 0 fully saturated rings. The molecule has 0 aliphatic heterocycles. The number of carbonyl (C=O) groups excluding carboxylic acids is 1. The molecular formula is C29H28N2O7. The van der Waals surface area contributed by atoms with Crippen molar-refractivity contribution in [3.05, 3.63) is 95.4 Å². The van der Waals surface area contributed by atoms with Crippen LogP contribution in [0.4, 0.5) is 4.79 Å². The lowest BCUT2D eigenvalue weighted by molar-refractivity contribution is -0.138. The molecule has 3 aromatic carbocycles. The minimum atomic E-state index is -1.15. The van der Waals surface area contributed by atoms with E-state index < -0.39 is 18.6 Å². The fraction of sp³-hybridized carbons (Fsp3) is 0.207. The summed E-state index contributed by atoms with van der Waals surface area (Å²) < 4.78 is 22.2. The molecule has 0 aliphatic rings. The van der Waals surface area contributed by atoms with Gasteiger partial charge in [0.15, 0.2) is 0 Å². The number of nitrogens with zero attached hydrogens (tertiary/aromatic N) is 2. The predicted octanol–water partition coefficient (Wildman–Crippen LogP) is 5.63. The third-order valence-corrected chi connectivity index (χ3v) is 5.69. The van der Waals surface area contributed by atoms with Gasteiger partial charge in [0.2, 0.25) is 5.89 Å². The molecule has 0 bridgehead atoms. The number of oxazole rings is 1. The molecule has 196 valence electrons. The van der Waals surface area contributed by atoms with Crippen LogP contribution in [0.15, 0.2) is 77.2 Å². The van der Waals surface area contributed by atoms with Crippen molar-refractivity contribution < 1.29 is 33.3 Å². The number of hydrogen-bond donors (Lipinski definition) is 1. The molecular weight excluding hydrogens is 488 g/mol. The molecule has 0 saturated carbocycles. The predicted molar refractivity (Wildman–Crippen MR) is 139 cm³/mol. The Hall–Kier alpha value is -4.79. The number of amides is 1. The first kappa shape index (κ1) is 26.3. The van der Waals surface area contributed by atoms with E-state index in [1.807, 2.05) is 38.1 Å². The average Bonchev–Trinajstić information content (AvgIpc) is 3.28. The number of methoxy groups -OCH3 is 1. The fourth-order valence-electron chi connectivity index (χ4n) is 3.62. The molecule has 38 heavy (non-hydrogen) atoms. The van der Waals surface area contributed by atoms with Gasteiger partial charge in [-0.2, -0.15) is 0 Å². The summed E-state index contributed by atoms with van der Waals surface area (Å²) in [6, 6.07) is 21.5.